The van der Waals surface area contributed by atoms with Crippen molar-refractivity contribution in [3.8, 4) is 0 Å². The lowest BCUT2D eigenvalue weighted by atomic mass is 9.88. The Labute approximate surface area is 102 Å². The Morgan fingerprint density at radius 2 is 1.88 bits per heavy atom. The van der Waals surface area contributed by atoms with Gasteiger partial charge in [-0.3, -0.25) is 4.90 Å². The van der Waals surface area contributed by atoms with Gasteiger partial charge in [-0.25, -0.2) is 0 Å². The van der Waals surface area contributed by atoms with Gasteiger partial charge in [0.05, 0.1) is 5.54 Å². The molecule has 3 heteroatoms. The maximum absolute atomic E-state index is 11.3. The third-order valence-corrected chi connectivity index (χ3v) is 3.40. The first-order valence-electron chi connectivity index (χ1n) is 5.42. The van der Waals surface area contributed by atoms with E-state index in [0.717, 1.165) is 29.7 Å². The number of carbonyl (C=O) groups is 1. The molecule has 1 atom stereocenters. The van der Waals surface area contributed by atoms with Crippen molar-refractivity contribution in [2.75, 3.05) is 14.1 Å². The molecule has 1 rings (SSSR count). The van der Waals surface area contributed by atoms with Crippen LogP contribution in [-0.2, 0) is 11.2 Å². The highest BCUT2D eigenvalue weighted by molar-refractivity contribution is 6.30. The summed E-state index contributed by atoms with van der Waals surface area (Å²) in [4.78, 5) is 13.3. The van der Waals surface area contributed by atoms with Crippen molar-refractivity contribution in [1.82, 2.24) is 4.90 Å². The van der Waals surface area contributed by atoms with Crippen LogP contribution in [0.2, 0.25) is 5.02 Å². The number of rotatable bonds is 5. The minimum absolute atomic E-state index is 0.409. The van der Waals surface area contributed by atoms with Gasteiger partial charge in [0.25, 0.3) is 0 Å². The van der Waals surface area contributed by atoms with Gasteiger partial charge in [-0.15, -0.1) is 0 Å². The molecule has 0 radical (unpaired) electrons. The minimum atomic E-state index is -0.409. The van der Waals surface area contributed by atoms with E-state index in [0.29, 0.717) is 0 Å². The predicted octanol–water partition coefficient (Wildman–Crippen LogP) is 2.79. The summed E-state index contributed by atoms with van der Waals surface area (Å²) in [5.74, 6) is 0. The van der Waals surface area contributed by atoms with E-state index >= 15 is 0 Å². The number of hydrogen-bond acceptors (Lipinski definition) is 2. The highest BCUT2D eigenvalue weighted by Crippen LogP contribution is 2.21. The molecule has 16 heavy (non-hydrogen) atoms. The van der Waals surface area contributed by atoms with E-state index in [4.69, 9.17) is 11.6 Å². The summed E-state index contributed by atoms with van der Waals surface area (Å²) in [6, 6.07) is 7.66. The van der Waals surface area contributed by atoms with Crippen LogP contribution in [0.5, 0.6) is 0 Å². The van der Waals surface area contributed by atoms with E-state index in [1.165, 1.54) is 0 Å². The monoisotopic (exact) mass is 239 g/mol. The fourth-order valence-electron chi connectivity index (χ4n) is 1.79. The molecule has 2 nitrogen and oxygen atoms in total. The third-order valence-electron chi connectivity index (χ3n) is 3.15. The van der Waals surface area contributed by atoms with Gasteiger partial charge >= 0.3 is 0 Å². The maximum Gasteiger partial charge on any atom is 0.140 e. The lowest BCUT2D eigenvalue weighted by molar-refractivity contribution is -0.117. The molecule has 1 unspecified atom stereocenters. The van der Waals surface area contributed by atoms with Gasteiger partial charge in [0.15, 0.2) is 0 Å². The van der Waals surface area contributed by atoms with Crippen LogP contribution in [0.1, 0.15) is 18.9 Å². The van der Waals surface area contributed by atoms with Gasteiger partial charge in [-0.1, -0.05) is 30.7 Å². The average Bonchev–Trinajstić information content (AvgIpc) is 2.28. The Kier molecular flexibility index (Phi) is 4.51. The first kappa shape index (κ1) is 13.2. The van der Waals surface area contributed by atoms with Crippen LogP contribution in [-0.4, -0.2) is 30.8 Å². The fraction of sp³-hybridized carbons (Fsp3) is 0.462. The zero-order valence-electron chi connectivity index (χ0n) is 10.0. The molecule has 0 saturated carbocycles. The highest BCUT2D eigenvalue weighted by atomic mass is 35.5. The number of hydrogen-bond donors (Lipinski definition) is 0. The van der Waals surface area contributed by atoms with E-state index in [1.807, 2.05) is 50.2 Å². The largest absolute Gasteiger partial charge is 0.301 e. The van der Waals surface area contributed by atoms with Crippen molar-refractivity contribution in [2.24, 2.45) is 0 Å². The van der Waals surface area contributed by atoms with E-state index in [2.05, 4.69) is 0 Å². The Hall–Kier alpha value is -0.860. The summed E-state index contributed by atoms with van der Waals surface area (Å²) in [5.41, 5.74) is 0.723. The number of carbonyl (C=O) groups excluding carboxylic acids is 1. The molecule has 0 aliphatic carbocycles. The van der Waals surface area contributed by atoms with Gasteiger partial charge in [-0.05, 0) is 44.6 Å². The van der Waals surface area contributed by atoms with Crippen molar-refractivity contribution < 1.29 is 4.79 Å². The average molecular weight is 240 g/mol. The molecular weight excluding hydrogens is 222 g/mol. The SMILES string of the molecule is CCC(C=O)(Cc1ccc(Cl)cc1)N(C)C. The molecular formula is C13H18ClNO. The second-order valence-electron chi connectivity index (χ2n) is 4.27. The van der Waals surface area contributed by atoms with E-state index in [9.17, 15) is 4.79 Å². The third kappa shape index (κ3) is 2.83. The first-order valence-corrected chi connectivity index (χ1v) is 5.80. The number of likely N-dealkylation sites (N-methyl/N-ethyl adjacent to an activating group) is 1. The smallest absolute Gasteiger partial charge is 0.140 e. The molecule has 0 aromatic heterocycles. The Morgan fingerprint density at radius 3 is 2.25 bits per heavy atom. The van der Waals surface area contributed by atoms with Gasteiger partial charge in [-0.2, -0.15) is 0 Å². The van der Waals surface area contributed by atoms with Crippen molar-refractivity contribution in [1.29, 1.82) is 0 Å². The molecule has 0 aliphatic heterocycles. The number of nitrogens with zero attached hydrogens (tertiary/aromatic N) is 1. The molecule has 0 aliphatic rings. The van der Waals surface area contributed by atoms with Crippen LogP contribution in [0, 0.1) is 0 Å². The standard InChI is InChI=1S/C13H18ClNO/c1-4-13(10-16,15(2)3)9-11-5-7-12(14)8-6-11/h5-8,10H,4,9H2,1-3H3. The number of aldehydes is 1. The second kappa shape index (κ2) is 5.46. The van der Waals surface area contributed by atoms with Gasteiger partial charge < -0.3 is 4.79 Å². The summed E-state index contributed by atoms with van der Waals surface area (Å²) < 4.78 is 0. The second-order valence-corrected chi connectivity index (χ2v) is 4.71. The van der Waals surface area contributed by atoms with Crippen LogP contribution in [0.25, 0.3) is 0 Å². The van der Waals surface area contributed by atoms with Gasteiger partial charge in [0.2, 0.25) is 0 Å². The molecule has 0 amide bonds. The van der Waals surface area contributed by atoms with Crippen molar-refractivity contribution in [3.05, 3.63) is 34.9 Å². The molecule has 0 N–H and O–H groups in total. The molecule has 88 valence electrons. The lowest BCUT2D eigenvalue weighted by Crippen LogP contribution is -2.47. The summed E-state index contributed by atoms with van der Waals surface area (Å²) >= 11 is 5.83. The maximum atomic E-state index is 11.3. The van der Waals surface area contributed by atoms with Crippen LogP contribution in [0.4, 0.5) is 0 Å². The van der Waals surface area contributed by atoms with E-state index in [-0.39, 0.29) is 0 Å². The summed E-state index contributed by atoms with van der Waals surface area (Å²) in [5, 5.41) is 0.724. The number of halogens is 1. The summed E-state index contributed by atoms with van der Waals surface area (Å²) in [7, 11) is 3.88. The quantitative estimate of drug-likeness (QED) is 0.737. The van der Waals surface area contributed by atoms with Crippen LogP contribution in [0.3, 0.4) is 0 Å². The van der Waals surface area contributed by atoms with Crippen LogP contribution >= 0.6 is 11.6 Å². The van der Waals surface area contributed by atoms with Crippen LogP contribution in [0.15, 0.2) is 24.3 Å². The molecule has 1 aromatic carbocycles. The van der Waals surface area contributed by atoms with Gasteiger partial charge in [0, 0.05) is 5.02 Å². The number of benzene rings is 1. The van der Waals surface area contributed by atoms with E-state index in [1.54, 1.807) is 0 Å². The van der Waals surface area contributed by atoms with Crippen molar-refractivity contribution in [2.45, 2.75) is 25.3 Å². The molecule has 0 saturated heterocycles. The lowest BCUT2D eigenvalue weighted by Gasteiger charge is -2.34. The summed E-state index contributed by atoms with van der Waals surface area (Å²) in [6.45, 7) is 2.03. The fourth-order valence-corrected chi connectivity index (χ4v) is 1.91. The zero-order chi connectivity index (χ0) is 12.2. The molecule has 0 bridgehead atoms. The van der Waals surface area contributed by atoms with E-state index < -0.39 is 5.54 Å². The van der Waals surface area contributed by atoms with Crippen molar-refractivity contribution >= 4 is 17.9 Å². The highest BCUT2D eigenvalue weighted by Gasteiger charge is 2.30. The minimum Gasteiger partial charge on any atom is -0.301 e. The normalized spacial score (nSPS) is 14.8. The molecule has 1 aromatic rings. The molecule has 0 spiro atoms. The Bertz CT molecular complexity index is 347. The zero-order valence-corrected chi connectivity index (χ0v) is 10.8. The topological polar surface area (TPSA) is 20.3 Å². The summed E-state index contributed by atoms with van der Waals surface area (Å²) in [6.07, 6.45) is 2.56. The van der Waals surface area contributed by atoms with Gasteiger partial charge in [0.1, 0.15) is 6.29 Å². The Balaban J connectivity index is 2.91. The van der Waals surface area contributed by atoms with Crippen molar-refractivity contribution in [3.63, 3.8) is 0 Å². The molecule has 0 heterocycles. The predicted molar refractivity (Wildman–Crippen MR) is 67.9 cm³/mol. The Morgan fingerprint density at radius 1 is 1.31 bits per heavy atom. The van der Waals surface area contributed by atoms with Crippen LogP contribution < -0.4 is 0 Å². The first-order chi connectivity index (χ1) is 7.54. The molecule has 0 fully saturated rings.